The normalized spacial score (nSPS) is 17.4. The summed E-state index contributed by atoms with van der Waals surface area (Å²) >= 11 is 7.32. The van der Waals surface area contributed by atoms with Gasteiger partial charge in [0, 0.05) is 12.8 Å². The van der Waals surface area contributed by atoms with Crippen LogP contribution in [0.3, 0.4) is 0 Å². The van der Waals surface area contributed by atoms with Crippen LogP contribution in [0.25, 0.3) is 0 Å². The van der Waals surface area contributed by atoms with E-state index < -0.39 is 34.9 Å². The van der Waals surface area contributed by atoms with Crippen molar-refractivity contribution in [3.05, 3.63) is 0 Å². The van der Waals surface area contributed by atoms with Gasteiger partial charge in [0.05, 0.1) is 5.75 Å². The van der Waals surface area contributed by atoms with Crippen LogP contribution in [0.15, 0.2) is 0 Å². The summed E-state index contributed by atoms with van der Waals surface area (Å²) in [5, 5.41) is 5.95. The molecule has 0 saturated carbocycles. The van der Waals surface area contributed by atoms with E-state index in [0.29, 0.717) is 0 Å². The van der Waals surface area contributed by atoms with Gasteiger partial charge in [-0.25, -0.2) is 8.78 Å². The maximum Gasteiger partial charge on any atom is 0.279 e. The lowest BCUT2D eigenvalue weighted by molar-refractivity contribution is -0.145. The van der Waals surface area contributed by atoms with E-state index in [2.05, 4.69) is 30.6 Å². The van der Waals surface area contributed by atoms with Crippen molar-refractivity contribution in [3.63, 3.8) is 0 Å². The summed E-state index contributed by atoms with van der Waals surface area (Å²) in [6.45, 7) is 1.72. The molecule has 0 aliphatic rings. The predicted octanol–water partition coefficient (Wildman–Crippen LogP) is -0.351. The van der Waals surface area contributed by atoms with Gasteiger partial charge in [-0.3, -0.25) is 14.9 Å². The third-order valence-electron chi connectivity index (χ3n) is 2.15. The van der Waals surface area contributed by atoms with Gasteiger partial charge in [-0.15, -0.1) is 0 Å². The van der Waals surface area contributed by atoms with Gasteiger partial charge < -0.3 is 10.6 Å². The molecule has 0 spiro atoms. The Balaban J connectivity index is 4.95. The Kier molecular flexibility index (Phi) is 6.93. The standard InChI is InChI=1S/C9H17F2N3O2S2/c1-3-13-8(10,4-17)7(16)14-9(11,5-18)6(15)12-2/h13,17-18H,3-5H2,1-2H3,(H,12,15)(H,14,16)/t8-,9-/m1/s1. The summed E-state index contributed by atoms with van der Waals surface area (Å²) in [6.07, 6.45) is 0. The van der Waals surface area contributed by atoms with Crippen molar-refractivity contribution in [3.8, 4) is 0 Å². The summed E-state index contributed by atoms with van der Waals surface area (Å²) in [5.41, 5.74) is 0. The lowest BCUT2D eigenvalue weighted by atomic mass is 10.2. The predicted molar refractivity (Wildman–Crippen MR) is 71.3 cm³/mol. The van der Waals surface area contributed by atoms with Gasteiger partial charge >= 0.3 is 0 Å². The number of hydrogen-bond donors (Lipinski definition) is 5. The number of carbonyl (C=O) groups is 2. The average molecular weight is 301 g/mol. The van der Waals surface area contributed by atoms with Crippen LogP contribution >= 0.6 is 25.3 Å². The second kappa shape index (κ2) is 7.15. The summed E-state index contributed by atoms with van der Waals surface area (Å²) in [7, 11) is 1.19. The minimum Gasteiger partial charge on any atom is -0.355 e. The van der Waals surface area contributed by atoms with Crippen LogP contribution < -0.4 is 16.0 Å². The molecule has 0 aliphatic heterocycles. The number of likely N-dealkylation sites (N-methyl/N-ethyl adjacent to an activating group) is 2. The van der Waals surface area contributed by atoms with E-state index in [-0.39, 0.29) is 6.54 Å². The molecule has 0 aromatic heterocycles. The van der Waals surface area contributed by atoms with Crippen molar-refractivity contribution in [1.82, 2.24) is 16.0 Å². The molecule has 2 amide bonds. The highest BCUT2D eigenvalue weighted by Gasteiger charge is 2.45. The highest BCUT2D eigenvalue weighted by atomic mass is 32.1. The van der Waals surface area contributed by atoms with Gasteiger partial charge in [-0.1, -0.05) is 6.92 Å². The van der Waals surface area contributed by atoms with Crippen LogP contribution in [0.1, 0.15) is 6.92 Å². The SMILES string of the molecule is CCN[C@](F)(CS)C(=O)N[C@](F)(CS)C(=O)NC. The fraction of sp³-hybridized carbons (Fsp3) is 0.778. The number of nitrogens with one attached hydrogen (secondary N) is 3. The lowest BCUT2D eigenvalue weighted by Gasteiger charge is -2.28. The monoisotopic (exact) mass is 301 g/mol. The zero-order chi connectivity index (χ0) is 14.4. The molecule has 0 bridgehead atoms. The maximum absolute atomic E-state index is 14.0. The summed E-state index contributed by atoms with van der Waals surface area (Å²) in [4.78, 5) is 22.9. The first-order chi connectivity index (χ1) is 8.29. The number of hydrogen-bond acceptors (Lipinski definition) is 5. The minimum absolute atomic E-state index is 0.143. The lowest BCUT2D eigenvalue weighted by Crippen LogP contribution is -2.64. The van der Waals surface area contributed by atoms with E-state index in [1.54, 1.807) is 12.2 Å². The van der Waals surface area contributed by atoms with E-state index >= 15 is 0 Å². The Hall–Kier alpha value is -0.540. The van der Waals surface area contributed by atoms with E-state index in [1.165, 1.54) is 7.05 Å². The molecule has 0 radical (unpaired) electrons. The van der Waals surface area contributed by atoms with Gasteiger partial charge in [-0.05, 0) is 6.54 Å². The molecule has 0 unspecified atom stereocenters. The highest BCUT2D eigenvalue weighted by molar-refractivity contribution is 7.80. The first-order valence-corrected chi connectivity index (χ1v) is 6.45. The van der Waals surface area contributed by atoms with Crippen LogP contribution in [0.5, 0.6) is 0 Å². The molecule has 0 heterocycles. The molecule has 2 atom stereocenters. The van der Waals surface area contributed by atoms with Crippen LogP contribution in [-0.2, 0) is 9.59 Å². The van der Waals surface area contributed by atoms with E-state index in [0.717, 1.165) is 0 Å². The summed E-state index contributed by atoms with van der Waals surface area (Å²) in [6, 6.07) is 0. The molecule has 9 heteroatoms. The average Bonchev–Trinajstić information content (AvgIpc) is 2.37. The Bertz CT molecular complexity index is 322. The summed E-state index contributed by atoms with van der Waals surface area (Å²) in [5.74, 6) is -8.85. The fourth-order valence-corrected chi connectivity index (χ4v) is 1.61. The topological polar surface area (TPSA) is 70.2 Å². The van der Waals surface area contributed by atoms with Crippen LogP contribution in [0.2, 0.25) is 0 Å². The van der Waals surface area contributed by atoms with Crippen molar-refractivity contribution < 1.29 is 18.4 Å². The molecular formula is C9H17F2N3O2S2. The molecule has 0 saturated heterocycles. The first kappa shape index (κ1) is 17.5. The third-order valence-corrected chi connectivity index (χ3v) is 3.02. The molecule has 0 aromatic carbocycles. The molecule has 3 N–H and O–H groups in total. The molecule has 18 heavy (non-hydrogen) atoms. The second-order valence-electron chi connectivity index (χ2n) is 3.48. The Morgan fingerprint density at radius 1 is 1.11 bits per heavy atom. The summed E-state index contributed by atoms with van der Waals surface area (Å²) < 4.78 is 28.1. The number of amides is 2. The number of alkyl halides is 2. The van der Waals surface area contributed by atoms with Crippen molar-refractivity contribution in [2.45, 2.75) is 18.5 Å². The maximum atomic E-state index is 14.0. The fourth-order valence-electron chi connectivity index (χ4n) is 1.13. The van der Waals surface area contributed by atoms with Crippen molar-refractivity contribution in [2.75, 3.05) is 25.1 Å². The van der Waals surface area contributed by atoms with Crippen molar-refractivity contribution in [2.24, 2.45) is 0 Å². The largest absolute Gasteiger partial charge is 0.355 e. The molecule has 0 aliphatic carbocycles. The molecular weight excluding hydrogens is 284 g/mol. The van der Waals surface area contributed by atoms with Crippen LogP contribution in [-0.4, -0.2) is 48.5 Å². The van der Waals surface area contributed by atoms with Crippen LogP contribution in [0, 0.1) is 0 Å². The zero-order valence-corrected chi connectivity index (χ0v) is 11.9. The van der Waals surface area contributed by atoms with Crippen LogP contribution in [0.4, 0.5) is 8.78 Å². The molecule has 5 nitrogen and oxygen atoms in total. The molecule has 0 rings (SSSR count). The minimum atomic E-state index is -2.77. The molecule has 106 valence electrons. The number of halogens is 2. The Labute approximate surface area is 115 Å². The first-order valence-electron chi connectivity index (χ1n) is 5.19. The van der Waals surface area contributed by atoms with Gasteiger partial charge in [0.25, 0.3) is 17.6 Å². The van der Waals surface area contributed by atoms with E-state index in [4.69, 9.17) is 0 Å². The van der Waals surface area contributed by atoms with Gasteiger partial charge in [0.1, 0.15) is 0 Å². The molecule has 0 aromatic rings. The molecule has 0 fully saturated rings. The Morgan fingerprint density at radius 3 is 1.94 bits per heavy atom. The zero-order valence-electron chi connectivity index (χ0n) is 10.1. The number of carbonyl (C=O) groups excluding carboxylic acids is 2. The van der Waals surface area contributed by atoms with E-state index in [1.807, 2.05) is 5.32 Å². The van der Waals surface area contributed by atoms with Crippen molar-refractivity contribution in [1.29, 1.82) is 0 Å². The number of rotatable bonds is 7. The Morgan fingerprint density at radius 2 is 1.61 bits per heavy atom. The van der Waals surface area contributed by atoms with Gasteiger partial charge in [0.2, 0.25) is 5.79 Å². The third kappa shape index (κ3) is 3.99. The quantitative estimate of drug-likeness (QED) is 0.330. The highest BCUT2D eigenvalue weighted by Crippen LogP contribution is 2.15. The van der Waals surface area contributed by atoms with Gasteiger partial charge in [0.15, 0.2) is 0 Å². The van der Waals surface area contributed by atoms with E-state index in [9.17, 15) is 18.4 Å². The van der Waals surface area contributed by atoms with Crippen molar-refractivity contribution >= 4 is 37.1 Å². The number of thiol groups is 2. The van der Waals surface area contributed by atoms with Gasteiger partial charge in [-0.2, -0.15) is 25.3 Å². The second-order valence-corrected chi connectivity index (χ2v) is 4.11. The smallest absolute Gasteiger partial charge is 0.279 e.